The van der Waals surface area contributed by atoms with Gasteiger partial charge in [-0.1, -0.05) is 57.6 Å². The van der Waals surface area contributed by atoms with Crippen LogP contribution in [-0.4, -0.2) is 91.3 Å². The van der Waals surface area contributed by atoms with Crippen LogP contribution < -0.4 is 15.8 Å². The number of allylic oxidation sites excluding steroid dienone is 3. The van der Waals surface area contributed by atoms with E-state index in [1.165, 1.54) is 5.57 Å². The topological polar surface area (TPSA) is 184 Å². The van der Waals surface area contributed by atoms with E-state index in [1.54, 1.807) is 27.7 Å². The van der Waals surface area contributed by atoms with E-state index in [0.29, 0.717) is 56.0 Å². The first kappa shape index (κ1) is 40.7. The van der Waals surface area contributed by atoms with Crippen molar-refractivity contribution in [3.8, 4) is 23.3 Å². The Balaban J connectivity index is 1.14. The summed E-state index contributed by atoms with van der Waals surface area (Å²) in [6.45, 7) is 0.469. The molecule has 10 N–H and O–H groups in total. The third-order valence-electron chi connectivity index (χ3n) is 14.0. The third-order valence-corrected chi connectivity index (χ3v) is 16.4. The van der Waals surface area contributed by atoms with E-state index in [-0.39, 0.29) is 53.8 Å². The SMILES string of the molecule is NC1=C2CSSCC(CO)C(O)C(Oc3cc4c(cc3O)CCC3=CC5C#CC6(CCO)CCCC(CC6)C(O)C5C(O)CC34)CC(Cc3ccc[nH]3)C2=CCN1. The van der Waals surface area contributed by atoms with Gasteiger partial charge in [-0.15, -0.1) is 0 Å². The molecule has 0 amide bonds. The van der Waals surface area contributed by atoms with E-state index in [9.17, 15) is 30.6 Å². The highest BCUT2D eigenvalue weighted by Crippen LogP contribution is 2.50. The molecule has 11 unspecified atom stereocenters. The van der Waals surface area contributed by atoms with Crippen molar-refractivity contribution in [2.75, 3.05) is 31.3 Å². The molecule has 1 aromatic heterocycles. The van der Waals surface area contributed by atoms with Gasteiger partial charge in [0.15, 0.2) is 11.5 Å². The minimum Gasteiger partial charge on any atom is -0.504 e. The number of aryl methyl sites for hydroxylation is 1. The van der Waals surface area contributed by atoms with Crippen LogP contribution in [0.25, 0.3) is 0 Å². The van der Waals surface area contributed by atoms with E-state index in [4.69, 9.17) is 10.5 Å². The molecule has 1 saturated carbocycles. The summed E-state index contributed by atoms with van der Waals surface area (Å²) in [5.74, 6) is 7.90. The molecule has 3 heterocycles. The fourth-order valence-electron chi connectivity index (χ4n) is 10.7. The van der Waals surface area contributed by atoms with Gasteiger partial charge in [-0.3, -0.25) is 0 Å². The van der Waals surface area contributed by atoms with Crippen LogP contribution in [0.4, 0.5) is 0 Å². The Hall–Kier alpha value is -3.02. The molecule has 2 aliphatic heterocycles. The van der Waals surface area contributed by atoms with Crippen LogP contribution in [0.3, 0.4) is 0 Å². The number of fused-ring (bicyclic) bond motifs is 8. The lowest BCUT2D eigenvalue weighted by Gasteiger charge is -2.35. The Kier molecular flexibility index (Phi) is 12.6. The second-order valence-corrected chi connectivity index (χ2v) is 19.8. The van der Waals surface area contributed by atoms with E-state index in [0.717, 1.165) is 66.5 Å². The van der Waals surface area contributed by atoms with Crippen LogP contribution in [-0.2, 0) is 12.8 Å². The van der Waals surface area contributed by atoms with Gasteiger partial charge in [0.25, 0.3) is 0 Å². The molecule has 1 aromatic carbocycles. The Morgan fingerprint density at radius 3 is 2.72 bits per heavy atom. The quantitative estimate of drug-likeness (QED) is 0.103. The summed E-state index contributed by atoms with van der Waals surface area (Å²) in [6.07, 6.45) is 11.0. The molecule has 57 heavy (non-hydrogen) atoms. The molecule has 2 aromatic rings. The van der Waals surface area contributed by atoms with Crippen LogP contribution in [0.1, 0.15) is 80.5 Å². The number of aromatic hydroxyl groups is 1. The van der Waals surface area contributed by atoms with Gasteiger partial charge in [0, 0.05) is 77.8 Å². The molecule has 6 aliphatic rings. The third kappa shape index (κ3) is 8.54. The number of aliphatic hydroxyl groups is 5. The van der Waals surface area contributed by atoms with Crippen LogP contribution in [0.15, 0.2) is 65.2 Å². The lowest BCUT2D eigenvalue weighted by atomic mass is 9.75. The predicted octanol–water partition coefficient (Wildman–Crippen LogP) is 5.06. The molecule has 308 valence electrons. The first-order chi connectivity index (χ1) is 27.7. The van der Waals surface area contributed by atoms with Crippen molar-refractivity contribution in [2.45, 2.75) is 101 Å². The highest BCUT2D eigenvalue weighted by atomic mass is 33.1. The van der Waals surface area contributed by atoms with Gasteiger partial charge >= 0.3 is 0 Å². The predicted molar refractivity (Wildman–Crippen MR) is 225 cm³/mol. The summed E-state index contributed by atoms with van der Waals surface area (Å²) in [5.41, 5.74) is 12.7. The van der Waals surface area contributed by atoms with Crippen molar-refractivity contribution in [3.63, 3.8) is 0 Å². The van der Waals surface area contributed by atoms with Gasteiger partial charge in [0.1, 0.15) is 11.9 Å². The van der Waals surface area contributed by atoms with E-state index in [1.807, 2.05) is 18.3 Å². The maximum absolute atomic E-state index is 12.1. The largest absolute Gasteiger partial charge is 0.504 e. The number of aromatic nitrogens is 1. The zero-order valence-corrected chi connectivity index (χ0v) is 34.2. The van der Waals surface area contributed by atoms with Crippen LogP contribution >= 0.6 is 21.6 Å². The first-order valence-corrected chi connectivity index (χ1v) is 23.5. The number of aliphatic hydroxyl groups excluding tert-OH is 5. The molecular weight excluding hydrogens is 759 g/mol. The van der Waals surface area contributed by atoms with E-state index >= 15 is 0 Å². The number of hydrogen-bond acceptors (Lipinski definition) is 11. The molecule has 10 nitrogen and oxygen atoms in total. The van der Waals surface area contributed by atoms with Gasteiger partial charge in [-0.05, 0) is 117 Å². The second kappa shape index (κ2) is 17.7. The van der Waals surface area contributed by atoms with E-state index in [2.05, 4.69) is 40.4 Å². The number of nitrogens with two attached hydrogens (primary N) is 1. The van der Waals surface area contributed by atoms with Crippen LogP contribution in [0.5, 0.6) is 11.5 Å². The molecule has 4 aliphatic carbocycles. The standard InChI is InChI=1S/C45H59N3O7S2/c46-44-36-25-57-56-24-31(23-50)42(53)40(20-30(33(36)9-15-48-44)18-32-4-2-14-47-32)55-39-22-35-28(19-37(39)51)6-5-27-17-29-8-12-45(13-16-49)10-1-3-26(7-11-45)43(54)41(29)38(52)21-34(27)35/h2,4,9,14,17,19,22,26,29-31,34,38,40-43,47-54H,1,3,5-7,10-11,13,15-16,18,20-21,23-25,46H2. The number of benzene rings is 1. The Labute approximate surface area is 344 Å². The van der Waals surface area contributed by atoms with Crippen molar-refractivity contribution in [3.05, 3.63) is 82.0 Å². The maximum Gasteiger partial charge on any atom is 0.161 e. The zero-order valence-electron chi connectivity index (χ0n) is 32.6. The van der Waals surface area contributed by atoms with Crippen molar-refractivity contribution >= 4 is 21.6 Å². The molecule has 2 fully saturated rings. The summed E-state index contributed by atoms with van der Waals surface area (Å²) >= 11 is 0. The van der Waals surface area contributed by atoms with Crippen molar-refractivity contribution < 1.29 is 35.4 Å². The number of ether oxygens (including phenoxy) is 1. The van der Waals surface area contributed by atoms with Crippen molar-refractivity contribution in [1.29, 1.82) is 0 Å². The number of phenolic OH excluding ortho intramolecular Hbond substituents is 1. The van der Waals surface area contributed by atoms with E-state index < -0.39 is 36.3 Å². The molecular formula is C45H59N3O7S2. The maximum atomic E-state index is 12.1. The molecule has 2 bridgehead atoms. The molecule has 12 heteroatoms. The lowest BCUT2D eigenvalue weighted by Crippen LogP contribution is -2.42. The zero-order chi connectivity index (χ0) is 39.7. The average Bonchev–Trinajstić information content (AvgIpc) is 3.57. The smallest absolute Gasteiger partial charge is 0.161 e. The minimum atomic E-state index is -1.03. The molecule has 8 rings (SSSR count). The fraction of sp³-hybridized carbons (Fsp3) is 0.600. The number of dihydropyridines is 1. The number of aromatic amines is 1. The van der Waals surface area contributed by atoms with Crippen LogP contribution in [0.2, 0.25) is 0 Å². The Morgan fingerprint density at radius 1 is 1.04 bits per heavy atom. The Bertz CT molecular complexity index is 1900. The summed E-state index contributed by atoms with van der Waals surface area (Å²) in [4.78, 5) is 3.35. The Morgan fingerprint density at radius 2 is 1.91 bits per heavy atom. The molecule has 11 atom stereocenters. The number of phenols is 1. The van der Waals surface area contributed by atoms with Crippen molar-refractivity contribution in [2.24, 2.45) is 40.7 Å². The van der Waals surface area contributed by atoms with Gasteiger partial charge in [0.2, 0.25) is 0 Å². The molecule has 0 radical (unpaired) electrons. The van der Waals surface area contributed by atoms with Crippen LogP contribution in [0, 0.1) is 46.8 Å². The number of rotatable bonds is 7. The monoisotopic (exact) mass is 817 g/mol. The van der Waals surface area contributed by atoms with Gasteiger partial charge < -0.3 is 51.4 Å². The van der Waals surface area contributed by atoms with Gasteiger partial charge in [0.05, 0.1) is 18.3 Å². The normalized spacial score (nSPS) is 35.6. The highest BCUT2D eigenvalue weighted by molar-refractivity contribution is 8.76. The average molecular weight is 818 g/mol. The fourth-order valence-corrected chi connectivity index (χ4v) is 13.3. The highest BCUT2D eigenvalue weighted by Gasteiger charge is 2.45. The second-order valence-electron chi connectivity index (χ2n) is 17.3. The first-order valence-electron chi connectivity index (χ1n) is 21.0. The van der Waals surface area contributed by atoms with Gasteiger partial charge in [-0.25, -0.2) is 0 Å². The summed E-state index contributed by atoms with van der Waals surface area (Å²) in [7, 11) is 3.26. The lowest BCUT2D eigenvalue weighted by molar-refractivity contribution is -0.0345. The summed E-state index contributed by atoms with van der Waals surface area (Å²) < 4.78 is 6.81. The number of nitrogens with one attached hydrogen (secondary N) is 2. The molecule has 1 saturated heterocycles. The van der Waals surface area contributed by atoms with Crippen molar-refractivity contribution in [1.82, 2.24) is 10.3 Å². The summed E-state index contributed by atoms with van der Waals surface area (Å²) in [5, 5.41) is 71.5. The number of hydrogen-bond donors (Lipinski definition) is 9. The molecule has 0 spiro atoms. The summed E-state index contributed by atoms with van der Waals surface area (Å²) in [6, 6.07) is 7.72. The van der Waals surface area contributed by atoms with Gasteiger partial charge in [-0.2, -0.15) is 0 Å². The number of H-pyrrole nitrogens is 1. The minimum absolute atomic E-state index is 0.00480.